The molecule has 0 aromatic heterocycles. The van der Waals surface area contributed by atoms with E-state index in [0.29, 0.717) is 12.2 Å². The number of carbonyl (C=O) groups excluding carboxylic acids is 1. The molecule has 0 aliphatic carbocycles. The van der Waals surface area contributed by atoms with Crippen LogP contribution in [0.1, 0.15) is 6.92 Å². The normalized spacial score (nSPS) is 18.4. The van der Waals surface area contributed by atoms with Crippen LogP contribution in [0.5, 0.6) is 0 Å². The first-order valence-electron chi connectivity index (χ1n) is 6.95. The van der Waals surface area contributed by atoms with E-state index in [9.17, 15) is 14.9 Å². The molecule has 1 N–H and O–H groups in total. The fourth-order valence-corrected chi connectivity index (χ4v) is 2.53. The molecule has 1 aromatic carbocycles. The summed E-state index contributed by atoms with van der Waals surface area (Å²) >= 11 is 0. The molecule has 1 amide bonds. The second-order valence-electron chi connectivity index (χ2n) is 5.24. The van der Waals surface area contributed by atoms with Crippen molar-refractivity contribution in [3.8, 4) is 0 Å². The molecule has 21 heavy (non-hydrogen) atoms. The van der Waals surface area contributed by atoms with Crippen LogP contribution in [0, 0.1) is 10.1 Å². The van der Waals surface area contributed by atoms with E-state index in [2.05, 4.69) is 5.32 Å². The molecule has 0 radical (unpaired) electrons. The fourth-order valence-electron chi connectivity index (χ4n) is 2.53. The number of amides is 1. The number of anilines is 1. The first-order chi connectivity index (χ1) is 10.0. The molecule has 114 valence electrons. The largest absolute Gasteiger partial charge is 0.360 e. The minimum atomic E-state index is -0.427. The van der Waals surface area contributed by atoms with Gasteiger partial charge in [0.1, 0.15) is 5.69 Å². The lowest BCUT2D eigenvalue weighted by atomic mass is 10.2. The minimum Gasteiger partial charge on any atom is -0.360 e. The van der Waals surface area contributed by atoms with Gasteiger partial charge < -0.3 is 15.1 Å². The van der Waals surface area contributed by atoms with Crippen molar-refractivity contribution < 1.29 is 9.72 Å². The lowest BCUT2D eigenvalue weighted by molar-refractivity contribution is -0.384. The summed E-state index contributed by atoms with van der Waals surface area (Å²) in [5, 5.41) is 14.3. The lowest BCUT2D eigenvalue weighted by Crippen LogP contribution is -2.54. The number of carbonyl (C=O) groups is 1. The van der Waals surface area contributed by atoms with Gasteiger partial charge >= 0.3 is 0 Å². The van der Waals surface area contributed by atoms with Gasteiger partial charge in [0.05, 0.1) is 11.5 Å². The van der Waals surface area contributed by atoms with Gasteiger partial charge in [0.2, 0.25) is 5.91 Å². The molecule has 0 saturated carbocycles. The molecule has 1 aromatic rings. The second kappa shape index (κ2) is 6.53. The summed E-state index contributed by atoms with van der Waals surface area (Å²) < 4.78 is 0. The van der Waals surface area contributed by atoms with Crippen LogP contribution < -0.4 is 10.2 Å². The Morgan fingerprint density at radius 1 is 1.52 bits per heavy atom. The predicted molar refractivity (Wildman–Crippen MR) is 80.4 cm³/mol. The Bertz CT molecular complexity index is 535. The number of rotatable bonds is 4. The van der Waals surface area contributed by atoms with Crippen LogP contribution in [0.15, 0.2) is 24.3 Å². The SMILES string of the molecule is C[C@@H]1CNCCN1C(=O)CN(C)c1ccccc1[N+](=O)[O-]. The molecule has 7 nitrogen and oxygen atoms in total. The molecule has 1 heterocycles. The van der Waals surface area contributed by atoms with Gasteiger partial charge in [-0.15, -0.1) is 0 Å². The van der Waals surface area contributed by atoms with Gasteiger partial charge in [0, 0.05) is 38.8 Å². The zero-order valence-corrected chi connectivity index (χ0v) is 12.3. The van der Waals surface area contributed by atoms with E-state index in [1.807, 2.05) is 11.8 Å². The zero-order chi connectivity index (χ0) is 15.4. The van der Waals surface area contributed by atoms with Gasteiger partial charge in [-0.3, -0.25) is 14.9 Å². The maximum atomic E-state index is 12.4. The van der Waals surface area contributed by atoms with E-state index in [1.165, 1.54) is 6.07 Å². The Balaban J connectivity index is 2.09. The van der Waals surface area contributed by atoms with E-state index >= 15 is 0 Å². The summed E-state index contributed by atoms with van der Waals surface area (Å²) in [6, 6.07) is 6.60. The van der Waals surface area contributed by atoms with Crippen molar-refractivity contribution in [2.24, 2.45) is 0 Å². The number of benzene rings is 1. The molecule has 1 aliphatic heterocycles. The highest BCUT2D eigenvalue weighted by atomic mass is 16.6. The quantitative estimate of drug-likeness (QED) is 0.657. The molecular formula is C14H20N4O3. The summed E-state index contributed by atoms with van der Waals surface area (Å²) in [4.78, 5) is 26.4. The highest BCUT2D eigenvalue weighted by Crippen LogP contribution is 2.26. The summed E-state index contributed by atoms with van der Waals surface area (Å²) in [6.45, 7) is 4.36. The molecule has 7 heteroatoms. The zero-order valence-electron chi connectivity index (χ0n) is 12.3. The average molecular weight is 292 g/mol. The molecule has 1 fully saturated rings. The standard InChI is InChI=1S/C14H20N4O3/c1-11-9-15-7-8-17(11)14(19)10-16(2)12-5-3-4-6-13(12)18(20)21/h3-6,11,15H,7-10H2,1-2H3/t11-/m1/s1. The number of para-hydroxylation sites is 2. The van der Waals surface area contributed by atoms with Gasteiger partial charge in [-0.25, -0.2) is 0 Å². The molecule has 1 atom stereocenters. The highest BCUT2D eigenvalue weighted by molar-refractivity contribution is 5.82. The summed E-state index contributed by atoms with van der Waals surface area (Å²) in [5.41, 5.74) is 0.472. The maximum absolute atomic E-state index is 12.4. The van der Waals surface area contributed by atoms with Crippen LogP contribution in [0.25, 0.3) is 0 Å². The number of piperazine rings is 1. The van der Waals surface area contributed by atoms with Gasteiger partial charge in [-0.2, -0.15) is 0 Å². The van der Waals surface area contributed by atoms with Crippen molar-refractivity contribution in [3.05, 3.63) is 34.4 Å². The van der Waals surface area contributed by atoms with Crippen molar-refractivity contribution in [2.75, 3.05) is 38.1 Å². The van der Waals surface area contributed by atoms with Gasteiger partial charge in [0.25, 0.3) is 5.69 Å². The monoisotopic (exact) mass is 292 g/mol. The van der Waals surface area contributed by atoms with Crippen LogP contribution >= 0.6 is 0 Å². The number of nitrogens with zero attached hydrogens (tertiary/aromatic N) is 3. The predicted octanol–water partition coefficient (Wildman–Crippen LogP) is 0.851. The molecule has 1 saturated heterocycles. The topological polar surface area (TPSA) is 78.7 Å². The van der Waals surface area contributed by atoms with Crippen LogP contribution in [-0.4, -0.2) is 55.0 Å². The Hall–Kier alpha value is -2.15. The molecular weight excluding hydrogens is 272 g/mol. The van der Waals surface area contributed by atoms with Crippen molar-refractivity contribution in [3.63, 3.8) is 0 Å². The smallest absolute Gasteiger partial charge is 0.292 e. The van der Waals surface area contributed by atoms with E-state index in [1.54, 1.807) is 30.1 Å². The van der Waals surface area contributed by atoms with Crippen molar-refractivity contribution in [1.29, 1.82) is 0 Å². The third kappa shape index (κ3) is 3.49. The molecule has 0 unspecified atom stereocenters. The number of nitrogens with one attached hydrogen (secondary N) is 1. The third-order valence-corrected chi connectivity index (χ3v) is 3.68. The van der Waals surface area contributed by atoms with Crippen LogP contribution in [-0.2, 0) is 4.79 Å². The summed E-state index contributed by atoms with van der Waals surface area (Å²) in [5.74, 6) is -0.00958. The first kappa shape index (κ1) is 15.2. The second-order valence-corrected chi connectivity index (χ2v) is 5.24. The van der Waals surface area contributed by atoms with E-state index in [4.69, 9.17) is 0 Å². The molecule has 0 spiro atoms. The van der Waals surface area contributed by atoms with E-state index in [0.717, 1.165) is 13.1 Å². The lowest BCUT2D eigenvalue weighted by Gasteiger charge is -2.35. The van der Waals surface area contributed by atoms with Gasteiger partial charge in [-0.05, 0) is 13.0 Å². The Labute approximate surface area is 123 Å². The van der Waals surface area contributed by atoms with Crippen molar-refractivity contribution in [2.45, 2.75) is 13.0 Å². The molecule has 2 rings (SSSR count). The number of nitro groups is 1. The highest BCUT2D eigenvalue weighted by Gasteiger charge is 2.25. The summed E-state index contributed by atoms with van der Waals surface area (Å²) in [7, 11) is 1.70. The third-order valence-electron chi connectivity index (χ3n) is 3.68. The first-order valence-corrected chi connectivity index (χ1v) is 6.95. The number of nitro benzene ring substituents is 1. The van der Waals surface area contributed by atoms with Crippen LogP contribution in [0.4, 0.5) is 11.4 Å². The van der Waals surface area contributed by atoms with Crippen molar-refractivity contribution >= 4 is 17.3 Å². The van der Waals surface area contributed by atoms with Gasteiger partial charge in [0.15, 0.2) is 0 Å². The van der Waals surface area contributed by atoms with Crippen LogP contribution in [0.2, 0.25) is 0 Å². The Kier molecular flexibility index (Phi) is 4.74. The number of likely N-dealkylation sites (N-methyl/N-ethyl adjacent to an activating group) is 1. The van der Waals surface area contributed by atoms with Gasteiger partial charge in [-0.1, -0.05) is 12.1 Å². The van der Waals surface area contributed by atoms with Crippen LogP contribution in [0.3, 0.4) is 0 Å². The molecule has 1 aliphatic rings. The summed E-state index contributed by atoms with van der Waals surface area (Å²) in [6.07, 6.45) is 0. The van der Waals surface area contributed by atoms with E-state index in [-0.39, 0.29) is 24.2 Å². The molecule has 0 bridgehead atoms. The maximum Gasteiger partial charge on any atom is 0.292 e. The number of hydrogen-bond acceptors (Lipinski definition) is 5. The fraction of sp³-hybridized carbons (Fsp3) is 0.500. The number of hydrogen-bond donors (Lipinski definition) is 1. The Morgan fingerprint density at radius 2 is 2.24 bits per heavy atom. The van der Waals surface area contributed by atoms with Crippen molar-refractivity contribution in [1.82, 2.24) is 10.2 Å². The minimum absolute atomic E-state index is 0.00958. The average Bonchev–Trinajstić information content (AvgIpc) is 2.47. The Morgan fingerprint density at radius 3 is 2.90 bits per heavy atom. The van der Waals surface area contributed by atoms with E-state index < -0.39 is 4.92 Å².